The highest BCUT2D eigenvalue weighted by Gasteiger charge is 2.33. The minimum atomic E-state index is -0.998. The fourth-order valence-electron chi connectivity index (χ4n) is 2.15. The summed E-state index contributed by atoms with van der Waals surface area (Å²) in [4.78, 5) is 11.0. The van der Waals surface area contributed by atoms with Gasteiger partial charge in [-0.2, -0.15) is 0 Å². The van der Waals surface area contributed by atoms with Crippen LogP contribution in [0.1, 0.15) is 46.5 Å². The van der Waals surface area contributed by atoms with Crippen LogP contribution < -0.4 is 0 Å². The zero-order valence-corrected chi connectivity index (χ0v) is 11.2. The summed E-state index contributed by atoms with van der Waals surface area (Å²) in [5.41, 5.74) is -0.869. The predicted octanol–water partition coefficient (Wildman–Crippen LogP) is 2.42. The fourth-order valence-corrected chi connectivity index (χ4v) is 4.20. The van der Waals surface area contributed by atoms with Crippen molar-refractivity contribution in [3.8, 4) is 0 Å². The second kappa shape index (κ2) is 5.30. The number of rotatable bonds is 4. The molecule has 1 aliphatic rings. The Balaban J connectivity index is 2.55. The zero-order valence-electron chi connectivity index (χ0n) is 10.4. The standard InChI is InChI=1S/C12H22O3S/c1-9-5-4-6-10(7-9)16(15)8-12(2,3)11(13)14/h9-10H,4-8H2,1-3H3,(H,13,14). The van der Waals surface area contributed by atoms with Gasteiger partial charge in [0.1, 0.15) is 0 Å². The van der Waals surface area contributed by atoms with Gasteiger partial charge in [0.25, 0.3) is 0 Å². The molecule has 0 aromatic heterocycles. The van der Waals surface area contributed by atoms with Crippen molar-refractivity contribution in [2.45, 2.75) is 51.7 Å². The van der Waals surface area contributed by atoms with E-state index in [1.807, 2.05) is 0 Å². The van der Waals surface area contributed by atoms with Gasteiger partial charge in [-0.15, -0.1) is 0 Å². The second-order valence-corrected chi connectivity index (χ2v) is 7.32. The van der Waals surface area contributed by atoms with Crippen LogP contribution in [-0.2, 0) is 15.6 Å². The van der Waals surface area contributed by atoms with Crippen molar-refractivity contribution in [2.24, 2.45) is 11.3 Å². The van der Waals surface area contributed by atoms with E-state index in [4.69, 9.17) is 5.11 Å². The van der Waals surface area contributed by atoms with E-state index in [0.29, 0.717) is 5.92 Å². The van der Waals surface area contributed by atoms with E-state index < -0.39 is 22.2 Å². The number of hydrogen-bond acceptors (Lipinski definition) is 2. The lowest BCUT2D eigenvalue weighted by molar-refractivity contribution is -0.145. The molecule has 0 saturated heterocycles. The molecular formula is C12H22O3S. The van der Waals surface area contributed by atoms with E-state index in [0.717, 1.165) is 19.3 Å². The van der Waals surface area contributed by atoms with Crippen molar-refractivity contribution in [3.63, 3.8) is 0 Å². The lowest BCUT2D eigenvalue weighted by atomic mass is 9.90. The molecule has 0 amide bonds. The third kappa shape index (κ3) is 3.58. The molecular weight excluding hydrogens is 224 g/mol. The molecule has 1 saturated carbocycles. The topological polar surface area (TPSA) is 54.4 Å². The van der Waals surface area contributed by atoms with Gasteiger partial charge in [-0.05, 0) is 32.6 Å². The first-order chi connectivity index (χ1) is 7.33. The normalized spacial score (nSPS) is 28.7. The fraction of sp³-hybridized carbons (Fsp3) is 0.917. The van der Waals surface area contributed by atoms with E-state index in [1.165, 1.54) is 6.42 Å². The first kappa shape index (κ1) is 13.7. The molecule has 0 spiro atoms. The first-order valence-electron chi connectivity index (χ1n) is 5.93. The van der Waals surface area contributed by atoms with Crippen LogP contribution in [0.25, 0.3) is 0 Å². The van der Waals surface area contributed by atoms with Crippen molar-refractivity contribution in [1.82, 2.24) is 0 Å². The summed E-state index contributed by atoms with van der Waals surface area (Å²) in [6, 6.07) is 0. The first-order valence-corrected chi connectivity index (χ1v) is 7.31. The van der Waals surface area contributed by atoms with Gasteiger partial charge in [0.15, 0.2) is 0 Å². The highest BCUT2D eigenvalue weighted by atomic mass is 32.2. The molecule has 1 fully saturated rings. The molecule has 0 aliphatic heterocycles. The van der Waals surface area contributed by atoms with Gasteiger partial charge < -0.3 is 5.11 Å². The summed E-state index contributed by atoms with van der Waals surface area (Å²) in [5.74, 6) is 0.0556. The van der Waals surface area contributed by atoms with Gasteiger partial charge in [0.05, 0.1) is 5.41 Å². The molecule has 3 unspecified atom stereocenters. The molecule has 0 radical (unpaired) electrons. The average Bonchev–Trinajstić information content (AvgIpc) is 2.16. The molecule has 94 valence electrons. The Kier molecular flexibility index (Phi) is 4.53. The summed E-state index contributed by atoms with van der Waals surface area (Å²) >= 11 is 0. The Bertz CT molecular complexity index is 286. The zero-order chi connectivity index (χ0) is 12.3. The van der Waals surface area contributed by atoms with E-state index in [-0.39, 0.29) is 11.0 Å². The van der Waals surface area contributed by atoms with Crippen LogP contribution in [0.5, 0.6) is 0 Å². The second-order valence-electron chi connectivity index (χ2n) is 5.61. The van der Waals surface area contributed by atoms with Gasteiger partial charge >= 0.3 is 5.97 Å². The van der Waals surface area contributed by atoms with Crippen LogP contribution in [-0.4, -0.2) is 26.3 Å². The van der Waals surface area contributed by atoms with Crippen molar-refractivity contribution in [1.29, 1.82) is 0 Å². The van der Waals surface area contributed by atoms with Gasteiger partial charge in [-0.3, -0.25) is 9.00 Å². The maximum atomic E-state index is 12.1. The minimum Gasteiger partial charge on any atom is -0.481 e. The van der Waals surface area contributed by atoms with E-state index in [9.17, 15) is 9.00 Å². The van der Waals surface area contributed by atoms with Crippen LogP contribution in [0.4, 0.5) is 0 Å². The molecule has 0 heterocycles. The number of hydrogen-bond donors (Lipinski definition) is 1. The molecule has 1 N–H and O–H groups in total. The summed E-state index contributed by atoms with van der Waals surface area (Å²) in [6.07, 6.45) is 4.33. The van der Waals surface area contributed by atoms with Gasteiger partial charge in [0.2, 0.25) is 0 Å². The third-order valence-corrected chi connectivity index (χ3v) is 5.52. The Labute approximate surface area is 100 Å². The predicted molar refractivity (Wildman–Crippen MR) is 65.8 cm³/mol. The number of carboxylic acids is 1. The molecule has 1 aliphatic carbocycles. The van der Waals surface area contributed by atoms with Crippen molar-refractivity contribution < 1.29 is 14.1 Å². The van der Waals surface area contributed by atoms with Crippen LogP contribution in [0.15, 0.2) is 0 Å². The Hall–Kier alpha value is -0.380. The van der Waals surface area contributed by atoms with Crippen LogP contribution in [0.3, 0.4) is 0 Å². The quantitative estimate of drug-likeness (QED) is 0.829. The van der Waals surface area contributed by atoms with Gasteiger partial charge in [-0.25, -0.2) is 0 Å². The lowest BCUT2D eigenvalue weighted by Crippen LogP contribution is -2.35. The maximum Gasteiger partial charge on any atom is 0.310 e. The van der Waals surface area contributed by atoms with E-state index in [1.54, 1.807) is 13.8 Å². The summed E-state index contributed by atoms with van der Waals surface area (Å²) in [5, 5.41) is 9.22. The highest BCUT2D eigenvalue weighted by molar-refractivity contribution is 7.85. The smallest absolute Gasteiger partial charge is 0.310 e. The van der Waals surface area contributed by atoms with Crippen molar-refractivity contribution in [2.75, 3.05) is 5.75 Å². The maximum absolute atomic E-state index is 12.1. The van der Waals surface area contributed by atoms with Crippen LogP contribution in [0.2, 0.25) is 0 Å². The SMILES string of the molecule is CC1CCCC(S(=O)CC(C)(C)C(=O)O)C1. The van der Waals surface area contributed by atoms with Crippen LogP contribution >= 0.6 is 0 Å². The average molecular weight is 246 g/mol. The largest absolute Gasteiger partial charge is 0.481 e. The summed E-state index contributed by atoms with van der Waals surface area (Å²) in [6.45, 7) is 5.49. The number of carbonyl (C=O) groups is 1. The third-order valence-electron chi connectivity index (χ3n) is 3.34. The minimum absolute atomic E-state index is 0.211. The molecule has 3 nitrogen and oxygen atoms in total. The molecule has 0 bridgehead atoms. The van der Waals surface area contributed by atoms with E-state index in [2.05, 4.69) is 6.92 Å². The van der Waals surface area contributed by atoms with Crippen molar-refractivity contribution >= 4 is 16.8 Å². The Morgan fingerprint density at radius 2 is 2.06 bits per heavy atom. The lowest BCUT2D eigenvalue weighted by Gasteiger charge is -2.28. The Morgan fingerprint density at radius 3 is 2.56 bits per heavy atom. The summed E-state index contributed by atoms with van der Waals surface area (Å²) in [7, 11) is -0.998. The molecule has 0 aromatic rings. The highest BCUT2D eigenvalue weighted by Crippen LogP contribution is 2.29. The van der Waals surface area contributed by atoms with E-state index >= 15 is 0 Å². The molecule has 4 heteroatoms. The van der Waals surface area contributed by atoms with Gasteiger partial charge in [0, 0.05) is 21.8 Å². The van der Waals surface area contributed by atoms with Crippen LogP contribution in [0, 0.1) is 11.3 Å². The molecule has 1 rings (SSSR count). The molecule has 16 heavy (non-hydrogen) atoms. The Morgan fingerprint density at radius 1 is 1.44 bits per heavy atom. The molecule has 3 atom stereocenters. The number of carboxylic acid groups (broad SMARTS) is 1. The van der Waals surface area contributed by atoms with Crippen molar-refractivity contribution in [3.05, 3.63) is 0 Å². The van der Waals surface area contributed by atoms with Gasteiger partial charge in [-0.1, -0.05) is 19.8 Å². The number of aliphatic carboxylic acids is 1. The monoisotopic (exact) mass is 246 g/mol. The summed E-state index contributed by atoms with van der Waals surface area (Å²) < 4.78 is 12.1. The molecule has 0 aromatic carbocycles.